The van der Waals surface area contributed by atoms with Gasteiger partial charge in [-0.25, -0.2) is 9.18 Å². The number of benzene rings is 1. The maximum atomic E-state index is 12.9. The van der Waals surface area contributed by atoms with Crippen molar-refractivity contribution < 1.29 is 14.0 Å². The first-order chi connectivity index (χ1) is 7.90. The Morgan fingerprint density at radius 1 is 1.41 bits per heavy atom. The highest BCUT2D eigenvalue weighted by molar-refractivity contribution is 6.31. The van der Waals surface area contributed by atoms with Crippen LogP contribution in [0.5, 0.6) is 0 Å². The molecule has 0 saturated heterocycles. The number of imide groups is 1. The van der Waals surface area contributed by atoms with Gasteiger partial charge in [-0.1, -0.05) is 6.07 Å². The number of aryl methyl sites for hydroxylation is 1. The number of amides is 3. The predicted molar refractivity (Wildman–Crippen MR) is 63.6 cm³/mol. The Kier molecular flexibility index (Phi) is 4.45. The van der Waals surface area contributed by atoms with Crippen LogP contribution in [-0.4, -0.2) is 17.3 Å². The van der Waals surface area contributed by atoms with E-state index in [1.54, 1.807) is 6.92 Å². The van der Waals surface area contributed by atoms with E-state index < -0.39 is 23.1 Å². The molecule has 1 aromatic carbocycles. The van der Waals surface area contributed by atoms with Crippen molar-refractivity contribution in [2.24, 2.45) is 0 Å². The molecule has 1 rings (SSSR count). The molecule has 92 valence electrons. The van der Waals surface area contributed by atoms with Gasteiger partial charge < -0.3 is 5.32 Å². The van der Waals surface area contributed by atoms with Gasteiger partial charge >= 0.3 is 6.03 Å². The topological polar surface area (TPSA) is 58.2 Å². The van der Waals surface area contributed by atoms with Crippen molar-refractivity contribution in [1.29, 1.82) is 0 Å². The average Bonchev–Trinajstić information content (AvgIpc) is 2.23. The van der Waals surface area contributed by atoms with Crippen molar-refractivity contribution >= 4 is 29.2 Å². The van der Waals surface area contributed by atoms with Crippen LogP contribution in [0.4, 0.5) is 14.9 Å². The molecule has 0 aliphatic rings. The maximum Gasteiger partial charge on any atom is 0.325 e. The summed E-state index contributed by atoms with van der Waals surface area (Å²) in [7, 11) is 0. The molecule has 0 bridgehead atoms. The van der Waals surface area contributed by atoms with E-state index in [0.29, 0.717) is 11.3 Å². The second kappa shape index (κ2) is 5.63. The highest BCUT2D eigenvalue weighted by Gasteiger charge is 2.13. The fourth-order valence-electron chi connectivity index (χ4n) is 1.09. The first kappa shape index (κ1) is 13.4. The number of nitrogens with one attached hydrogen (secondary N) is 2. The summed E-state index contributed by atoms with van der Waals surface area (Å²) in [5.74, 6) is -1.08. The van der Waals surface area contributed by atoms with Crippen molar-refractivity contribution in [2.75, 3.05) is 5.32 Å². The van der Waals surface area contributed by atoms with E-state index in [4.69, 9.17) is 11.6 Å². The molecule has 4 nitrogen and oxygen atoms in total. The van der Waals surface area contributed by atoms with Crippen LogP contribution in [0.1, 0.15) is 12.5 Å². The molecule has 0 spiro atoms. The molecule has 0 aromatic heterocycles. The lowest BCUT2D eigenvalue weighted by molar-refractivity contribution is -0.119. The lowest BCUT2D eigenvalue weighted by atomic mass is 10.2. The molecule has 1 aromatic rings. The smallest absolute Gasteiger partial charge is 0.307 e. The van der Waals surface area contributed by atoms with Crippen LogP contribution in [0.25, 0.3) is 0 Å². The number of alkyl halides is 1. The Balaban J connectivity index is 2.68. The number of carbonyl (C=O) groups excluding carboxylic acids is 2. The summed E-state index contributed by atoms with van der Waals surface area (Å²) < 4.78 is 12.9. The Labute approximate surface area is 103 Å². The van der Waals surface area contributed by atoms with Crippen LogP contribution < -0.4 is 10.6 Å². The van der Waals surface area contributed by atoms with Crippen molar-refractivity contribution in [3.8, 4) is 0 Å². The molecule has 0 radical (unpaired) electrons. The minimum Gasteiger partial charge on any atom is -0.307 e. The third-order valence-electron chi connectivity index (χ3n) is 2.05. The van der Waals surface area contributed by atoms with Crippen molar-refractivity contribution in [2.45, 2.75) is 19.2 Å². The Morgan fingerprint density at radius 3 is 2.65 bits per heavy atom. The molecule has 2 N–H and O–H groups in total. The Bertz CT molecular complexity index is 449. The molecule has 1 unspecified atom stereocenters. The van der Waals surface area contributed by atoms with Crippen LogP contribution >= 0.6 is 11.6 Å². The van der Waals surface area contributed by atoms with Gasteiger partial charge in [-0.15, -0.1) is 11.6 Å². The molecule has 1 atom stereocenters. The number of urea groups is 1. The number of anilines is 1. The van der Waals surface area contributed by atoms with Gasteiger partial charge in [0.2, 0.25) is 5.91 Å². The monoisotopic (exact) mass is 258 g/mol. The lowest BCUT2D eigenvalue weighted by Crippen LogP contribution is -2.38. The van der Waals surface area contributed by atoms with Crippen molar-refractivity contribution in [1.82, 2.24) is 5.32 Å². The number of halogens is 2. The van der Waals surface area contributed by atoms with E-state index in [1.165, 1.54) is 25.1 Å². The second-order valence-corrected chi connectivity index (χ2v) is 4.17. The van der Waals surface area contributed by atoms with E-state index in [-0.39, 0.29) is 0 Å². The molecule has 6 heteroatoms. The molecule has 0 fully saturated rings. The number of hydrogen-bond acceptors (Lipinski definition) is 2. The number of hydrogen-bond donors (Lipinski definition) is 2. The zero-order valence-electron chi connectivity index (χ0n) is 9.38. The fourth-order valence-corrected chi connectivity index (χ4v) is 1.15. The molecule has 0 aliphatic carbocycles. The third-order valence-corrected chi connectivity index (χ3v) is 2.24. The molecule has 17 heavy (non-hydrogen) atoms. The van der Waals surface area contributed by atoms with Gasteiger partial charge in [0.1, 0.15) is 11.2 Å². The van der Waals surface area contributed by atoms with Gasteiger partial charge in [-0.2, -0.15) is 0 Å². The number of rotatable bonds is 2. The maximum absolute atomic E-state index is 12.9. The summed E-state index contributed by atoms with van der Waals surface area (Å²) in [5, 5.41) is 3.59. The minimum absolute atomic E-state index is 0.303. The highest BCUT2D eigenvalue weighted by atomic mass is 35.5. The second-order valence-electron chi connectivity index (χ2n) is 3.52. The Morgan fingerprint density at radius 2 is 2.06 bits per heavy atom. The van der Waals surface area contributed by atoms with Gasteiger partial charge in [0.05, 0.1) is 0 Å². The van der Waals surface area contributed by atoms with Gasteiger partial charge in [-0.05, 0) is 31.5 Å². The van der Waals surface area contributed by atoms with Crippen molar-refractivity contribution in [3.63, 3.8) is 0 Å². The first-order valence-corrected chi connectivity index (χ1v) is 5.36. The first-order valence-electron chi connectivity index (χ1n) is 4.92. The SMILES string of the molecule is Cc1ccc(F)cc1NC(=O)NC(=O)C(C)Cl. The summed E-state index contributed by atoms with van der Waals surface area (Å²) in [5.41, 5.74) is 0.991. The standard InChI is InChI=1S/C11H12ClFN2O2/c1-6-3-4-8(13)5-9(6)14-11(17)15-10(16)7(2)12/h3-5,7H,1-2H3,(H2,14,15,16,17). The van der Waals surface area contributed by atoms with E-state index in [1.807, 2.05) is 5.32 Å². The van der Waals surface area contributed by atoms with Gasteiger partial charge in [0.15, 0.2) is 0 Å². The quantitative estimate of drug-likeness (QED) is 0.801. The summed E-state index contributed by atoms with van der Waals surface area (Å²) in [6.07, 6.45) is 0. The van der Waals surface area contributed by atoms with Gasteiger partial charge in [0, 0.05) is 5.69 Å². The molecule has 0 saturated carbocycles. The fraction of sp³-hybridized carbons (Fsp3) is 0.273. The van der Waals surface area contributed by atoms with E-state index in [2.05, 4.69) is 5.32 Å². The molecular formula is C11H12ClFN2O2. The summed E-state index contributed by atoms with van der Waals surface area (Å²) in [6, 6.07) is 3.24. The van der Waals surface area contributed by atoms with Crippen LogP contribution in [0, 0.1) is 12.7 Å². The van der Waals surface area contributed by atoms with Crippen molar-refractivity contribution in [3.05, 3.63) is 29.6 Å². The molecule has 0 heterocycles. The van der Waals surface area contributed by atoms with Crippen LogP contribution in [-0.2, 0) is 4.79 Å². The third kappa shape index (κ3) is 4.03. The largest absolute Gasteiger partial charge is 0.325 e. The molecule has 3 amide bonds. The van der Waals surface area contributed by atoms with Crippen LogP contribution in [0.3, 0.4) is 0 Å². The zero-order chi connectivity index (χ0) is 13.0. The van der Waals surface area contributed by atoms with Gasteiger partial charge in [0.25, 0.3) is 0 Å². The number of carbonyl (C=O) groups is 2. The lowest BCUT2D eigenvalue weighted by Gasteiger charge is -2.09. The highest BCUT2D eigenvalue weighted by Crippen LogP contribution is 2.15. The average molecular weight is 259 g/mol. The van der Waals surface area contributed by atoms with E-state index >= 15 is 0 Å². The van der Waals surface area contributed by atoms with Crippen LogP contribution in [0.15, 0.2) is 18.2 Å². The van der Waals surface area contributed by atoms with Crippen LogP contribution in [0.2, 0.25) is 0 Å². The van der Waals surface area contributed by atoms with E-state index in [9.17, 15) is 14.0 Å². The summed E-state index contributed by atoms with van der Waals surface area (Å²) in [4.78, 5) is 22.5. The molecule has 0 aliphatic heterocycles. The molecular weight excluding hydrogens is 247 g/mol. The zero-order valence-corrected chi connectivity index (χ0v) is 10.1. The Hall–Kier alpha value is -1.62. The predicted octanol–water partition coefficient (Wildman–Crippen LogP) is 2.41. The summed E-state index contributed by atoms with van der Waals surface area (Å²) in [6.45, 7) is 3.15. The summed E-state index contributed by atoms with van der Waals surface area (Å²) >= 11 is 5.48. The van der Waals surface area contributed by atoms with Gasteiger partial charge in [-0.3, -0.25) is 10.1 Å². The van der Waals surface area contributed by atoms with E-state index in [0.717, 1.165) is 0 Å². The normalized spacial score (nSPS) is 11.8. The minimum atomic E-state index is -0.811.